The zero-order valence-corrected chi connectivity index (χ0v) is 12.3. The van der Waals surface area contributed by atoms with E-state index >= 15 is 0 Å². The van der Waals surface area contributed by atoms with Crippen LogP contribution in [0.25, 0.3) is 0 Å². The number of hydrogen-bond acceptors (Lipinski definition) is 2. The molecule has 1 aliphatic carbocycles. The predicted molar refractivity (Wildman–Crippen MR) is 74.9 cm³/mol. The molecule has 0 spiro atoms. The van der Waals surface area contributed by atoms with E-state index in [0.717, 1.165) is 38.6 Å². The van der Waals surface area contributed by atoms with E-state index in [9.17, 15) is 14.7 Å². The number of aliphatic carboxylic acids is 1. The monoisotopic (exact) mass is 269 g/mol. The molecule has 4 nitrogen and oxygen atoms in total. The van der Waals surface area contributed by atoms with Crippen LogP contribution in [0.2, 0.25) is 0 Å². The van der Waals surface area contributed by atoms with E-state index in [0.29, 0.717) is 19.4 Å². The molecule has 110 valence electrons. The molecular formula is C15H27NO3. The van der Waals surface area contributed by atoms with Crippen LogP contribution in [0.4, 0.5) is 0 Å². The fourth-order valence-electron chi connectivity index (χ4n) is 2.90. The zero-order chi connectivity index (χ0) is 14.3. The maximum Gasteiger partial charge on any atom is 0.310 e. The first-order valence-corrected chi connectivity index (χ1v) is 7.57. The molecule has 0 radical (unpaired) electrons. The van der Waals surface area contributed by atoms with Crippen LogP contribution in [0, 0.1) is 5.41 Å². The summed E-state index contributed by atoms with van der Waals surface area (Å²) in [6.07, 6.45) is 6.48. The molecule has 0 unspecified atom stereocenters. The molecule has 0 saturated heterocycles. The Morgan fingerprint density at radius 2 is 1.79 bits per heavy atom. The molecule has 1 N–H and O–H groups in total. The van der Waals surface area contributed by atoms with Gasteiger partial charge >= 0.3 is 5.97 Å². The molecule has 0 aliphatic heterocycles. The lowest BCUT2D eigenvalue weighted by Crippen LogP contribution is -2.41. The molecule has 1 fully saturated rings. The third kappa shape index (κ3) is 4.22. The quantitative estimate of drug-likeness (QED) is 0.772. The Labute approximate surface area is 116 Å². The molecule has 0 bridgehead atoms. The summed E-state index contributed by atoms with van der Waals surface area (Å²) in [6, 6.07) is 0. The van der Waals surface area contributed by atoms with Crippen molar-refractivity contribution in [2.45, 2.75) is 65.2 Å². The van der Waals surface area contributed by atoms with Crippen molar-refractivity contribution in [2.75, 3.05) is 13.1 Å². The molecule has 19 heavy (non-hydrogen) atoms. The maximum atomic E-state index is 12.3. The molecule has 1 aliphatic rings. The Bertz CT molecular complexity index is 309. The predicted octanol–water partition coefficient (Wildman–Crippen LogP) is 3.06. The summed E-state index contributed by atoms with van der Waals surface area (Å²) < 4.78 is 0. The first kappa shape index (κ1) is 16.0. The van der Waals surface area contributed by atoms with E-state index in [1.54, 1.807) is 0 Å². The van der Waals surface area contributed by atoms with Crippen LogP contribution < -0.4 is 0 Å². The molecule has 0 aromatic heterocycles. The molecule has 0 aromatic rings. The van der Waals surface area contributed by atoms with Crippen molar-refractivity contribution in [3.63, 3.8) is 0 Å². The summed E-state index contributed by atoms with van der Waals surface area (Å²) >= 11 is 0. The van der Waals surface area contributed by atoms with Gasteiger partial charge in [0.2, 0.25) is 5.91 Å². The Morgan fingerprint density at radius 1 is 1.16 bits per heavy atom. The van der Waals surface area contributed by atoms with Crippen LogP contribution in [-0.4, -0.2) is 35.0 Å². The number of carbonyl (C=O) groups is 2. The second kappa shape index (κ2) is 7.51. The highest BCUT2D eigenvalue weighted by Gasteiger charge is 2.42. The van der Waals surface area contributed by atoms with Gasteiger partial charge in [0.1, 0.15) is 0 Å². The van der Waals surface area contributed by atoms with E-state index in [1.165, 1.54) is 0 Å². The van der Waals surface area contributed by atoms with Crippen LogP contribution >= 0.6 is 0 Å². The minimum atomic E-state index is -0.797. The smallest absolute Gasteiger partial charge is 0.310 e. The molecule has 1 amide bonds. The Kier molecular flexibility index (Phi) is 6.32. The van der Waals surface area contributed by atoms with Crippen molar-refractivity contribution < 1.29 is 14.7 Å². The average molecular weight is 269 g/mol. The third-order valence-electron chi connectivity index (χ3n) is 4.27. The maximum absolute atomic E-state index is 12.3. The van der Waals surface area contributed by atoms with Crippen LogP contribution in [0.1, 0.15) is 65.2 Å². The molecule has 1 rings (SSSR count). The molecule has 0 aromatic carbocycles. The fraction of sp³-hybridized carbons (Fsp3) is 0.867. The minimum absolute atomic E-state index is 0.0141. The van der Waals surface area contributed by atoms with Gasteiger partial charge in [-0.1, -0.05) is 32.6 Å². The Morgan fingerprint density at radius 3 is 2.26 bits per heavy atom. The number of carboxylic acid groups (broad SMARTS) is 1. The number of rotatable bonds is 7. The summed E-state index contributed by atoms with van der Waals surface area (Å²) in [5, 5.41) is 9.50. The number of carbonyl (C=O) groups excluding carboxylic acids is 1. The van der Waals surface area contributed by atoms with Crippen molar-refractivity contribution in [2.24, 2.45) is 5.41 Å². The van der Waals surface area contributed by atoms with Crippen molar-refractivity contribution >= 4 is 11.9 Å². The van der Waals surface area contributed by atoms with E-state index in [-0.39, 0.29) is 12.3 Å². The number of unbranched alkanes of at least 4 members (excludes halogenated alkanes) is 1. The zero-order valence-electron chi connectivity index (χ0n) is 12.3. The lowest BCUT2D eigenvalue weighted by Gasteiger charge is -2.34. The van der Waals surface area contributed by atoms with E-state index in [2.05, 4.69) is 6.92 Å². The highest BCUT2D eigenvalue weighted by Crippen LogP contribution is 2.40. The lowest BCUT2D eigenvalue weighted by atomic mass is 9.71. The van der Waals surface area contributed by atoms with Gasteiger partial charge in [-0.3, -0.25) is 9.59 Å². The first-order chi connectivity index (χ1) is 9.05. The summed E-state index contributed by atoms with van der Waals surface area (Å²) in [4.78, 5) is 25.7. The van der Waals surface area contributed by atoms with Gasteiger partial charge in [0, 0.05) is 19.5 Å². The van der Waals surface area contributed by atoms with E-state index in [1.807, 2.05) is 11.8 Å². The topological polar surface area (TPSA) is 57.6 Å². The number of hydrogen-bond donors (Lipinski definition) is 1. The van der Waals surface area contributed by atoms with Crippen molar-refractivity contribution in [3.05, 3.63) is 0 Å². The molecule has 0 heterocycles. The van der Waals surface area contributed by atoms with Gasteiger partial charge in [-0.15, -0.1) is 0 Å². The van der Waals surface area contributed by atoms with Gasteiger partial charge in [0.05, 0.1) is 5.41 Å². The van der Waals surface area contributed by atoms with Gasteiger partial charge < -0.3 is 10.0 Å². The second-order valence-electron chi connectivity index (χ2n) is 5.65. The third-order valence-corrected chi connectivity index (χ3v) is 4.27. The molecule has 1 saturated carbocycles. The van der Waals surface area contributed by atoms with Gasteiger partial charge in [-0.05, 0) is 26.2 Å². The number of carboxylic acids is 1. The van der Waals surface area contributed by atoms with Gasteiger partial charge in [-0.25, -0.2) is 0 Å². The summed E-state index contributed by atoms with van der Waals surface area (Å²) in [7, 11) is 0. The van der Waals surface area contributed by atoms with Gasteiger partial charge in [0.15, 0.2) is 0 Å². The fourth-order valence-corrected chi connectivity index (χ4v) is 2.90. The first-order valence-electron chi connectivity index (χ1n) is 7.57. The molecule has 4 heteroatoms. The lowest BCUT2D eigenvalue weighted by molar-refractivity contribution is -0.156. The largest absolute Gasteiger partial charge is 0.481 e. The average Bonchev–Trinajstić information content (AvgIpc) is 2.40. The van der Waals surface area contributed by atoms with Crippen molar-refractivity contribution in [1.82, 2.24) is 4.90 Å². The van der Waals surface area contributed by atoms with Crippen molar-refractivity contribution in [1.29, 1.82) is 0 Å². The second-order valence-corrected chi connectivity index (χ2v) is 5.65. The van der Waals surface area contributed by atoms with E-state index in [4.69, 9.17) is 0 Å². The SMILES string of the molecule is CCCCN(CC)C(=O)CC1(C(=O)O)CCCCC1. The number of nitrogens with zero attached hydrogens (tertiary/aromatic N) is 1. The van der Waals surface area contributed by atoms with Crippen LogP contribution in [-0.2, 0) is 9.59 Å². The standard InChI is InChI=1S/C15H27NO3/c1-3-5-11-16(4-2)13(17)12-15(14(18)19)9-7-6-8-10-15/h3-12H2,1-2H3,(H,18,19). The number of amides is 1. The minimum Gasteiger partial charge on any atom is -0.481 e. The summed E-state index contributed by atoms with van der Waals surface area (Å²) in [6.45, 7) is 5.48. The summed E-state index contributed by atoms with van der Waals surface area (Å²) in [5.74, 6) is -0.771. The van der Waals surface area contributed by atoms with Crippen LogP contribution in [0.3, 0.4) is 0 Å². The van der Waals surface area contributed by atoms with E-state index < -0.39 is 11.4 Å². The Balaban J connectivity index is 2.67. The highest BCUT2D eigenvalue weighted by molar-refractivity contribution is 5.85. The molecular weight excluding hydrogens is 242 g/mol. The molecule has 0 atom stereocenters. The highest BCUT2D eigenvalue weighted by atomic mass is 16.4. The van der Waals surface area contributed by atoms with Gasteiger partial charge in [-0.2, -0.15) is 0 Å². The Hall–Kier alpha value is -1.06. The summed E-state index contributed by atoms with van der Waals surface area (Å²) in [5.41, 5.74) is -0.797. The van der Waals surface area contributed by atoms with Crippen molar-refractivity contribution in [3.8, 4) is 0 Å². The van der Waals surface area contributed by atoms with Gasteiger partial charge in [0.25, 0.3) is 0 Å². The normalized spacial score (nSPS) is 18.0. The van der Waals surface area contributed by atoms with Crippen LogP contribution in [0.5, 0.6) is 0 Å². The van der Waals surface area contributed by atoms with Crippen LogP contribution in [0.15, 0.2) is 0 Å².